The number of carbonyl (C=O) groups excluding carboxylic acids is 2. The molecule has 2 aliphatic carbocycles. The highest BCUT2D eigenvalue weighted by molar-refractivity contribution is 5.66. The second-order valence-electron chi connectivity index (χ2n) is 9.80. The summed E-state index contributed by atoms with van der Waals surface area (Å²) in [6, 6.07) is 0. The van der Waals surface area contributed by atoms with E-state index in [9.17, 15) is 14.7 Å². The Bertz CT molecular complexity index is 689. The molecule has 1 N–H and O–H groups in total. The lowest BCUT2D eigenvalue weighted by Gasteiger charge is -2.60. The largest absolute Gasteiger partial charge is 0.462 e. The lowest BCUT2D eigenvalue weighted by atomic mass is 9.46. The fraction of sp³-hybridized carbons (Fsp3) is 0.750. The van der Waals surface area contributed by atoms with Crippen molar-refractivity contribution >= 4 is 11.9 Å². The summed E-state index contributed by atoms with van der Waals surface area (Å²) in [6.07, 6.45) is 6.68. The average Bonchev–Trinajstić information content (AvgIpc) is 2.58. The number of aliphatic hydroxyl groups is 1. The summed E-state index contributed by atoms with van der Waals surface area (Å²) in [5.41, 5.74) is 2.18. The van der Waals surface area contributed by atoms with Gasteiger partial charge in [0.25, 0.3) is 0 Å². The zero-order chi connectivity index (χ0) is 22.0. The average molecular weight is 407 g/mol. The molecule has 5 atom stereocenters. The van der Waals surface area contributed by atoms with Crippen LogP contribution < -0.4 is 0 Å². The Kier molecular flexibility index (Phi) is 7.37. The quantitative estimate of drug-likeness (QED) is 0.516. The number of carbonyl (C=O) groups is 2. The number of hydrogen-bond donors (Lipinski definition) is 1. The van der Waals surface area contributed by atoms with Gasteiger partial charge < -0.3 is 14.6 Å². The Labute approximate surface area is 175 Å². The molecule has 1 saturated carbocycles. The van der Waals surface area contributed by atoms with Crippen molar-refractivity contribution in [3.63, 3.8) is 0 Å². The zero-order valence-electron chi connectivity index (χ0n) is 19.1. The van der Waals surface area contributed by atoms with Gasteiger partial charge in [0, 0.05) is 13.8 Å². The first-order valence-corrected chi connectivity index (χ1v) is 10.7. The van der Waals surface area contributed by atoms with E-state index in [1.165, 1.54) is 25.0 Å². The maximum atomic E-state index is 11.7. The van der Waals surface area contributed by atoms with Crippen molar-refractivity contribution in [2.45, 2.75) is 86.4 Å². The number of aliphatic hydroxyl groups excluding tert-OH is 1. The maximum absolute atomic E-state index is 11.7. The molecule has 2 rings (SSSR count). The fourth-order valence-corrected chi connectivity index (χ4v) is 5.80. The van der Waals surface area contributed by atoms with E-state index in [1.807, 2.05) is 6.08 Å². The van der Waals surface area contributed by atoms with Gasteiger partial charge in [-0.25, -0.2) is 0 Å². The lowest BCUT2D eigenvalue weighted by molar-refractivity contribution is -0.196. The van der Waals surface area contributed by atoms with Gasteiger partial charge in [-0.2, -0.15) is 0 Å². The van der Waals surface area contributed by atoms with E-state index in [0.717, 1.165) is 19.3 Å². The van der Waals surface area contributed by atoms with Crippen molar-refractivity contribution in [1.82, 2.24) is 0 Å². The van der Waals surface area contributed by atoms with Crippen LogP contribution in [0.4, 0.5) is 0 Å². The molecule has 0 aromatic heterocycles. The number of ether oxygens (including phenoxy) is 2. The standard InChI is InChI=1S/C24H38O5/c1-15(12-13-28-17(3)25)8-10-19-16(2)9-11-21-23(5,6)22(27)20(29-18(4)26)14-24(19,21)7/h9,12,19-22,27H,8,10-11,13-14H2,1-7H3. The van der Waals surface area contributed by atoms with E-state index < -0.39 is 12.2 Å². The number of rotatable bonds is 6. The monoisotopic (exact) mass is 406 g/mol. The lowest BCUT2D eigenvalue weighted by Crippen LogP contribution is -2.60. The molecule has 0 heterocycles. The predicted octanol–water partition coefficient (Wildman–Crippen LogP) is 4.59. The molecule has 1 fully saturated rings. The highest BCUT2D eigenvalue weighted by Gasteiger charge is 2.59. The van der Waals surface area contributed by atoms with Crippen LogP contribution in [0.25, 0.3) is 0 Å². The van der Waals surface area contributed by atoms with Gasteiger partial charge >= 0.3 is 11.9 Å². The molecular weight excluding hydrogens is 368 g/mol. The molecular formula is C24H38O5. The predicted molar refractivity (Wildman–Crippen MR) is 113 cm³/mol. The van der Waals surface area contributed by atoms with E-state index >= 15 is 0 Å². The van der Waals surface area contributed by atoms with Gasteiger partial charge in [-0.05, 0) is 68.3 Å². The zero-order valence-corrected chi connectivity index (χ0v) is 19.1. The van der Waals surface area contributed by atoms with E-state index in [0.29, 0.717) is 24.9 Å². The van der Waals surface area contributed by atoms with Crippen LogP contribution in [0.5, 0.6) is 0 Å². The highest BCUT2D eigenvalue weighted by atomic mass is 16.6. The van der Waals surface area contributed by atoms with E-state index in [2.05, 4.69) is 40.7 Å². The summed E-state index contributed by atoms with van der Waals surface area (Å²) in [4.78, 5) is 22.6. The summed E-state index contributed by atoms with van der Waals surface area (Å²) in [5.74, 6) is 0.0599. The molecule has 29 heavy (non-hydrogen) atoms. The third kappa shape index (κ3) is 5.11. The summed E-state index contributed by atoms with van der Waals surface area (Å²) in [5, 5.41) is 11.0. The van der Waals surface area contributed by atoms with Gasteiger partial charge in [0.15, 0.2) is 0 Å². The van der Waals surface area contributed by atoms with Gasteiger partial charge in [-0.1, -0.05) is 38.0 Å². The van der Waals surface area contributed by atoms with Gasteiger partial charge in [-0.3, -0.25) is 9.59 Å². The van der Waals surface area contributed by atoms with Crippen molar-refractivity contribution in [1.29, 1.82) is 0 Å². The number of fused-ring (bicyclic) bond motifs is 1. The van der Waals surface area contributed by atoms with Crippen LogP contribution in [-0.2, 0) is 19.1 Å². The Morgan fingerprint density at radius 2 is 1.86 bits per heavy atom. The van der Waals surface area contributed by atoms with Crippen LogP contribution in [0.2, 0.25) is 0 Å². The van der Waals surface area contributed by atoms with Crippen LogP contribution >= 0.6 is 0 Å². The molecule has 0 aliphatic heterocycles. The summed E-state index contributed by atoms with van der Waals surface area (Å²) in [6.45, 7) is 13.9. The molecule has 0 amide bonds. The van der Waals surface area contributed by atoms with Crippen LogP contribution in [0.3, 0.4) is 0 Å². The molecule has 0 aromatic carbocycles. The van der Waals surface area contributed by atoms with Crippen molar-refractivity contribution in [3.05, 3.63) is 23.3 Å². The van der Waals surface area contributed by atoms with Crippen LogP contribution in [-0.4, -0.2) is 35.9 Å². The normalized spacial score (nSPS) is 34.1. The Morgan fingerprint density at radius 3 is 2.45 bits per heavy atom. The molecule has 5 nitrogen and oxygen atoms in total. The van der Waals surface area contributed by atoms with E-state index in [1.54, 1.807) is 0 Å². The second kappa shape index (κ2) is 9.03. The fourth-order valence-electron chi connectivity index (χ4n) is 5.80. The molecule has 0 spiro atoms. The first kappa shape index (κ1) is 23.7. The maximum Gasteiger partial charge on any atom is 0.302 e. The number of allylic oxidation sites excluding steroid dienone is 3. The Morgan fingerprint density at radius 1 is 1.21 bits per heavy atom. The molecule has 164 valence electrons. The van der Waals surface area contributed by atoms with Gasteiger partial charge in [-0.15, -0.1) is 0 Å². The minimum absolute atomic E-state index is 0.0577. The SMILES string of the molecule is CC(=O)OCC=C(C)CCC1C(C)=CCC2C(C)(C)C(O)C(OC(C)=O)CC12C. The number of hydrogen-bond acceptors (Lipinski definition) is 5. The highest BCUT2D eigenvalue weighted by Crippen LogP contribution is 2.61. The summed E-state index contributed by atoms with van der Waals surface area (Å²) < 4.78 is 10.6. The van der Waals surface area contributed by atoms with Gasteiger partial charge in [0.2, 0.25) is 0 Å². The topological polar surface area (TPSA) is 72.8 Å². The molecule has 5 heteroatoms. The summed E-state index contributed by atoms with van der Waals surface area (Å²) >= 11 is 0. The first-order valence-electron chi connectivity index (χ1n) is 10.7. The Balaban J connectivity index is 2.23. The van der Waals surface area contributed by atoms with Crippen LogP contribution in [0.1, 0.15) is 74.1 Å². The smallest absolute Gasteiger partial charge is 0.302 e. The van der Waals surface area contributed by atoms with Crippen molar-refractivity contribution in [3.8, 4) is 0 Å². The second-order valence-corrected chi connectivity index (χ2v) is 9.80. The Hall–Kier alpha value is -1.62. The van der Waals surface area contributed by atoms with Crippen molar-refractivity contribution in [2.24, 2.45) is 22.7 Å². The van der Waals surface area contributed by atoms with E-state index in [-0.39, 0.29) is 22.8 Å². The van der Waals surface area contributed by atoms with E-state index in [4.69, 9.17) is 9.47 Å². The van der Waals surface area contributed by atoms with Crippen LogP contribution in [0.15, 0.2) is 23.3 Å². The number of esters is 2. The van der Waals surface area contributed by atoms with Crippen molar-refractivity contribution < 1.29 is 24.2 Å². The molecule has 5 unspecified atom stereocenters. The van der Waals surface area contributed by atoms with Crippen molar-refractivity contribution in [2.75, 3.05) is 6.61 Å². The minimum Gasteiger partial charge on any atom is -0.462 e. The minimum atomic E-state index is -0.665. The van der Waals surface area contributed by atoms with Gasteiger partial charge in [0.1, 0.15) is 12.7 Å². The third-order valence-corrected chi connectivity index (χ3v) is 7.33. The van der Waals surface area contributed by atoms with Gasteiger partial charge in [0.05, 0.1) is 6.10 Å². The molecule has 2 aliphatic rings. The molecule has 0 aromatic rings. The molecule has 0 bridgehead atoms. The summed E-state index contributed by atoms with van der Waals surface area (Å²) in [7, 11) is 0. The first-order chi connectivity index (χ1) is 13.4. The molecule has 0 radical (unpaired) electrons. The molecule has 0 saturated heterocycles. The third-order valence-electron chi connectivity index (χ3n) is 7.33. The van der Waals surface area contributed by atoms with Crippen LogP contribution in [0, 0.1) is 22.7 Å².